The van der Waals surface area contributed by atoms with Crippen LogP contribution in [0.15, 0.2) is 18.2 Å². The maximum absolute atomic E-state index is 3.43. The lowest BCUT2D eigenvalue weighted by Gasteiger charge is -2.08. The quantitative estimate of drug-likeness (QED) is 0.696. The number of benzene rings is 1. The van der Waals surface area contributed by atoms with Gasteiger partial charge in [0.15, 0.2) is 0 Å². The Morgan fingerprint density at radius 2 is 1.80 bits per heavy atom. The topological polar surface area (TPSA) is 24.1 Å². The Kier molecular flexibility index (Phi) is 5.37. The van der Waals surface area contributed by atoms with E-state index in [1.165, 1.54) is 16.7 Å². The molecule has 2 nitrogen and oxygen atoms in total. The molecule has 0 unspecified atom stereocenters. The standard InChI is InChI=1S/C13H22N2/c1-4-14-7-8-15-10-13-6-5-11(2)9-12(13)3/h5-6,9,14-15H,4,7-8,10H2,1-3H3. The molecule has 84 valence electrons. The van der Waals surface area contributed by atoms with Gasteiger partial charge in [-0.25, -0.2) is 0 Å². The second-order valence-electron chi connectivity index (χ2n) is 3.96. The summed E-state index contributed by atoms with van der Waals surface area (Å²) in [6.07, 6.45) is 0. The highest BCUT2D eigenvalue weighted by Crippen LogP contribution is 2.09. The second kappa shape index (κ2) is 6.59. The van der Waals surface area contributed by atoms with Crippen molar-refractivity contribution >= 4 is 0 Å². The van der Waals surface area contributed by atoms with Crippen LogP contribution in [0.5, 0.6) is 0 Å². The molecular weight excluding hydrogens is 184 g/mol. The van der Waals surface area contributed by atoms with E-state index >= 15 is 0 Å². The summed E-state index contributed by atoms with van der Waals surface area (Å²) in [5.74, 6) is 0. The molecule has 0 heterocycles. The zero-order valence-electron chi connectivity index (χ0n) is 10.1. The van der Waals surface area contributed by atoms with Crippen molar-refractivity contribution in [1.29, 1.82) is 0 Å². The van der Waals surface area contributed by atoms with E-state index in [0.717, 1.165) is 26.2 Å². The molecule has 2 heteroatoms. The number of aryl methyl sites for hydroxylation is 2. The summed E-state index contributed by atoms with van der Waals surface area (Å²) < 4.78 is 0. The molecule has 0 spiro atoms. The van der Waals surface area contributed by atoms with Crippen LogP contribution >= 0.6 is 0 Å². The van der Waals surface area contributed by atoms with Crippen LogP contribution in [0.4, 0.5) is 0 Å². The van der Waals surface area contributed by atoms with Crippen molar-refractivity contribution in [2.24, 2.45) is 0 Å². The summed E-state index contributed by atoms with van der Waals surface area (Å²) in [7, 11) is 0. The number of nitrogens with one attached hydrogen (secondary N) is 2. The number of hydrogen-bond donors (Lipinski definition) is 2. The van der Waals surface area contributed by atoms with Crippen LogP contribution in [0.25, 0.3) is 0 Å². The van der Waals surface area contributed by atoms with Gasteiger partial charge in [-0.05, 0) is 31.5 Å². The molecule has 1 aromatic rings. The molecule has 15 heavy (non-hydrogen) atoms. The maximum Gasteiger partial charge on any atom is 0.0208 e. The van der Waals surface area contributed by atoms with Crippen molar-refractivity contribution in [3.63, 3.8) is 0 Å². The molecule has 0 radical (unpaired) electrons. The molecule has 0 fully saturated rings. The fourth-order valence-electron chi connectivity index (χ4n) is 1.62. The highest BCUT2D eigenvalue weighted by molar-refractivity contribution is 5.30. The Morgan fingerprint density at radius 3 is 2.47 bits per heavy atom. The Bertz CT molecular complexity index is 295. The van der Waals surface area contributed by atoms with Gasteiger partial charge >= 0.3 is 0 Å². The van der Waals surface area contributed by atoms with Crippen LogP contribution in [0.1, 0.15) is 23.6 Å². The van der Waals surface area contributed by atoms with Crippen molar-refractivity contribution in [3.8, 4) is 0 Å². The zero-order valence-corrected chi connectivity index (χ0v) is 10.1. The van der Waals surface area contributed by atoms with Gasteiger partial charge in [0.25, 0.3) is 0 Å². The molecule has 0 saturated carbocycles. The minimum absolute atomic E-state index is 0.970. The van der Waals surface area contributed by atoms with Gasteiger partial charge in [0.1, 0.15) is 0 Å². The first-order valence-corrected chi connectivity index (χ1v) is 5.71. The molecule has 1 rings (SSSR count). The molecule has 2 N–H and O–H groups in total. The van der Waals surface area contributed by atoms with Crippen LogP contribution in [0, 0.1) is 13.8 Å². The predicted octanol–water partition coefficient (Wildman–Crippen LogP) is 2.00. The van der Waals surface area contributed by atoms with Gasteiger partial charge in [-0.1, -0.05) is 30.7 Å². The van der Waals surface area contributed by atoms with Crippen molar-refractivity contribution in [2.45, 2.75) is 27.3 Å². The van der Waals surface area contributed by atoms with Crippen molar-refractivity contribution in [1.82, 2.24) is 10.6 Å². The van der Waals surface area contributed by atoms with E-state index in [-0.39, 0.29) is 0 Å². The van der Waals surface area contributed by atoms with E-state index in [0.29, 0.717) is 0 Å². The first-order valence-electron chi connectivity index (χ1n) is 5.71. The molecule has 0 aliphatic rings. The Labute approximate surface area is 93.1 Å². The normalized spacial score (nSPS) is 10.6. The third-order valence-corrected chi connectivity index (χ3v) is 2.54. The predicted molar refractivity (Wildman–Crippen MR) is 66.2 cm³/mol. The van der Waals surface area contributed by atoms with E-state index in [4.69, 9.17) is 0 Å². The van der Waals surface area contributed by atoms with E-state index in [1.807, 2.05) is 0 Å². The Balaban J connectivity index is 2.31. The number of hydrogen-bond acceptors (Lipinski definition) is 2. The van der Waals surface area contributed by atoms with Gasteiger partial charge in [0, 0.05) is 19.6 Å². The van der Waals surface area contributed by atoms with Gasteiger partial charge < -0.3 is 10.6 Å². The van der Waals surface area contributed by atoms with Crippen LogP contribution in [0.2, 0.25) is 0 Å². The summed E-state index contributed by atoms with van der Waals surface area (Å²) in [5, 5.41) is 6.73. The SMILES string of the molecule is CCNCCNCc1ccc(C)cc1C. The van der Waals surface area contributed by atoms with Crippen LogP contribution in [-0.2, 0) is 6.54 Å². The van der Waals surface area contributed by atoms with Gasteiger partial charge in [-0.2, -0.15) is 0 Å². The van der Waals surface area contributed by atoms with E-state index in [1.54, 1.807) is 0 Å². The first kappa shape index (κ1) is 12.2. The Morgan fingerprint density at radius 1 is 1.07 bits per heavy atom. The highest BCUT2D eigenvalue weighted by Gasteiger charge is 1.97. The first-order chi connectivity index (χ1) is 7.24. The van der Waals surface area contributed by atoms with E-state index in [9.17, 15) is 0 Å². The lowest BCUT2D eigenvalue weighted by atomic mass is 10.1. The molecule has 0 aliphatic heterocycles. The highest BCUT2D eigenvalue weighted by atomic mass is 14.9. The molecule has 0 aliphatic carbocycles. The largest absolute Gasteiger partial charge is 0.316 e. The van der Waals surface area contributed by atoms with E-state index in [2.05, 4.69) is 49.6 Å². The van der Waals surface area contributed by atoms with E-state index < -0.39 is 0 Å². The zero-order chi connectivity index (χ0) is 11.1. The Hall–Kier alpha value is -0.860. The average molecular weight is 206 g/mol. The minimum Gasteiger partial charge on any atom is -0.316 e. The van der Waals surface area contributed by atoms with Crippen LogP contribution < -0.4 is 10.6 Å². The fraction of sp³-hybridized carbons (Fsp3) is 0.538. The van der Waals surface area contributed by atoms with Gasteiger partial charge in [-0.3, -0.25) is 0 Å². The molecule has 0 saturated heterocycles. The molecular formula is C13H22N2. The molecule has 0 aromatic heterocycles. The van der Waals surface area contributed by atoms with Gasteiger partial charge in [0.2, 0.25) is 0 Å². The van der Waals surface area contributed by atoms with Crippen LogP contribution in [0.3, 0.4) is 0 Å². The second-order valence-corrected chi connectivity index (χ2v) is 3.96. The average Bonchev–Trinajstić information content (AvgIpc) is 2.20. The summed E-state index contributed by atoms with van der Waals surface area (Å²) in [6.45, 7) is 10.5. The molecule has 0 amide bonds. The summed E-state index contributed by atoms with van der Waals surface area (Å²) >= 11 is 0. The fourth-order valence-corrected chi connectivity index (χ4v) is 1.62. The lowest BCUT2D eigenvalue weighted by Crippen LogP contribution is -2.26. The van der Waals surface area contributed by atoms with Crippen molar-refractivity contribution in [3.05, 3.63) is 34.9 Å². The number of rotatable bonds is 6. The molecule has 1 aromatic carbocycles. The van der Waals surface area contributed by atoms with Gasteiger partial charge in [-0.15, -0.1) is 0 Å². The maximum atomic E-state index is 3.43. The lowest BCUT2D eigenvalue weighted by molar-refractivity contribution is 0.624. The number of likely N-dealkylation sites (N-methyl/N-ethyl adjacent to an activating group) is 1. The van der Waals surface area contributed by atoms with Crippen LogP contribution in [-0.4, -0.2) is 19.6 Å². The van der Waals surface area contributed by atoms with Crippen molar-refractivity contribution in [2.75, 3.05) is 19.6 Å². The summed E-state index contributed by atoms with van der Waals surface area (Å²) in [5.41, 5.74) is 4.12. The third kappa shape index (κ3) is 4.45. The van der Waals surface area contributed by atoms with Gasteiger partial charge in [0.05, 0.1) is 0 Å². The minimum atomic E-state index is 0.970. The molecule has 0 bridgehead atoms. The summed E-state index contributed by atoms with van der Waals surface area (Å²) in [6, 6.07) is 6.63. The monoisotopic (exact) mass is 206 g/mol. The third-order valence-electron chi connectivity index (χ3n) is 2.54. The smallest absolute Gasteiger partial charge is 0.0208 e. The summed E-state index contributed by atoms with van der Waals surface area (Å²) in [4.78, 5) is 0. The molecule has 0 atom stereocenters. The van der Waals surface area contributed by atoms with Crippen molar-refractivity contribution < 1.29 is 0 Å².